The fraction of sp³-hybridized carbons (Fsp3) is 0.280. The monoisotopic (exact) mass is 574 g/mol. The van der Waals surface area contributed by atoms with E-state index in [2.05, 4.69) is 49.2 Å². The van der Waals surface area contributed by atoms with Gasteiger partial charge in [-0.2, -0.15) is 4.98 Å². The third-order valence-electron chi connectivity index (χ3n) is 5.97. The number of likely N-dealkylation sites (N-methyl/N-ethyl adjacent to an activating group) is 1. The number of anilines is 2. The molecule has 15 heteroatoms. The zero-order valence-corrected chi connectivity index (χ0v) is 22.8. The van der Waals surface area contributed by atoms with E-state index in [-0.39, 0.29) is 17.5 Å². The van der Waals surface area contributed by atoms with Gasteiger partial charge in [-0.15, -0.1) is 5.10 Å². The quantitative estimate of drug-likeness (QED) is 0.248. The van der Waals surface area contributed by atoms with Crippen LogP contribution in [0.1, 0.15) is 13.8 Å². The van der Waals surface area contributed by atoms with Crippen LogP contribution in [0, 0.1) is 11.6 Å². The van der Waals surface area contributed by atoms with E-state index >= 15 is 0 Å². The highest BCUT2D eigenvalue weighted by Crippen LogP contribution is 2.31. The lowest BCUT2D eigenvalue weighted by atomic mass is 10.1. The number of amides is 2. The average Bonchev–Trinajstić information content (AvgIpc) is 3.32. The van der Waals surface area contributed by atoms with Crippen LogP contribution in [0.25, 0.3) is 16.8 Å². The van der Waals surface area contributed by atoms with Gasteiger partial charge in [0.15, 0.2) is 5.65 Å². The summed E-state index contributed by atoms with van der Waals surface area (Å²) in [6.07, 6.45) is 3.07. The zero-order valence-electron chi connectivity index (χ0n) is 22.0. The number of nitrogens with zero attached hydrogens (tertiary/aromatic N) is 5. The molecule has 0 spiro atoms. The van der Waals surface area contributed by atoms with E-state index in [1.807, 2.05) is 0 Å². The van der Waals surface area contributed by atoms with Crippen molar-refractivity contribution in [1.29, 1.82) is 0 Å². The molecule has 3 aromatic heterocycles. The Kier molecular flexibility index (Phi) is 8.74. The van der Waals surface area contributed by atoms with E-state index in [9.17, 15) is 22.0 Å². The summed E-state index contributed by atoms with van der Waals surface area (Å²) in [4.78, 5) is 22.1. The molecule has 0 saturated heterocycles. The fourth-order valence-electron chi connectivity index (χ4n) is 3.86. The van der Waals surface area contributed by atoms with Crippen LogP contribution in [0.2, 0.25) is 0 Å². The molecule has 0 fully saturated rings. The third-order valence-corrected chi connectivity index (χ3v) is 7.37. The van der Waals surface area contributed by atoms with Crippen LogP contribution in [0.5, 0.6) is 5.88 Å². The Morgan fingerprint density at radius 3 is 2.58 bits per heavy atom. The van der Waals surface area contributed by atoms with Gasteiger partial charge in [0.05, 0.1) is 7.11 Å². The lowest BCUT2D eigenvalue weighted by molar-refractivity contribution is 0.247. The van der Waals surface area contributed by atoms with Crippen LogP contribution < -0.4 is 20.1 Å². The summed E-state index contributed by atoms with van der Waals surface area (Å²) in [6, 6.07) is 6.53. The molecular formula is C25H28F2N8O4S. The number of carbonyl (C=O) groups excluding carboxylic acids is 1. The highest BCUT2D eigenvalue weighted by atomic mass is 32.2. The average molecular weight is 575 g/mol. The second-order valence-corrected chi connectivity index (χ2v) is 10.2. The van der Waals surface area contributed by atoms with E-state index < -0.39 is 32.6 Å². The summed E-state index contributed by atoms with van der Waals surface area (Å²) in [6.45, 7) is 7.06. The van der Waals surface area contributed by atoms with E-state index in [0.29, 0.717) is 29.4 Å². The number of ether oxygens (including phenoxy) is 1. The number of urea groups is 1. The van der Waals surface area contributed by atoms with Crippen molar-refractivity contribution in [2.75, 3.05) is 43.3 Å². The molecule has 3 N–H and O–H groups in total. The summed E-state index contributed by atoms with van der Waals surface area (Å²) in [5.41, 5.74) is 1.44. The SMILES string of the molecule is CCN(CC)CCNC(=O)Nc1nc2ccc(-c3cnc(OC)c(NS(=O)(=O)c4ccc(F)cc4F)c3)cn2n1. The van der Waals surface area contributed by atoms with Crippen LogP contribution in [-0.4, -0.2) is 72.2 Å². The number of benzene rings is 1. The summed E-state index contributed by atoms with van der Waals surface area (Å²) < 4.78 is 62.0. The number of hydrogen-bond donors (Lipinski definition) is 3. The summed E-state index contributed by atoms with van der Waals surface area (Å²) in [7, 11) is -3.14. The number of rotatable bonds is 11. The second kappa shape index (κ2) is 12.2. The zero-order chi connectivity index (χ0) is 28.9. The maximum atomic E-state index is 14.2. The predicted octanol–water partition coefficient (Wildman–Crippen LogP) is 3.34. The van der Waals surface area contributed by atoms with Gasteiger partial charge in [0.2, 0.25) is 5.88 Å². The van der Waals surface area contributed by atoms with Crippen molar-refractivity contribution >= 4 is 33.3 Å². The van der Waals surface area contributed by atoms with Gasteiger partial charge >= 0.3 is 6.03 Å². The molecule has 0 radical (unpaired) electrons. The summed E-state index contributed by atoms with van der Waals surface area (Å²) in [5.74, 6) is -2.11. The van der Waals surface area contributed by atoms with Crippen molar-refractivity contribution in [2.45, 2.75) is 18.7 Å². The smallest absolute Gasteiger partial charge is 0.321 e. The fourth-order valence-corrected chi connectivity index (χ4v) is 4.97. The van der Waals surface area contributed by atoms with Crippen molar-refractivity contribution in [3.8, 4) is 17.0 Å². The first-order valence-electron chi connectivity index (χ1n) is 12.3. The standard InChI is InChI=1S/C25H28F2N8O4S/c1-4-34(5-2)11-10-28-25(36)31-24-30-22-9-6-16(15-35(22)32-24)17-12-20(23(39-3)29-14-17)33-40(37,38)21-8-7-18(26)13-19(21)27/h6-9,12-15,33H,4-5,10-11H2,1-3H3,(H2,28,31,32,36). The molecular weight excluding hydrogens is 546 g/mol. The molecule has 4 aromatic rings. The number of halogens is 2. The highest BCUT2D eigenvalue weighted by molar-refractivity contribution is 7.92. The molecule has 212 valence electrons. The molecule has 0 aliphatic heterocycles. The molecule has 1 aromatic carbocycles. The Hall–Kier alpha value is -4.37. The molecule has 0 aliphatic rings. The first-order chi connectivity index (χ1) is 19.1. The minimum atomic E-state index is -4.44. The van der Waals surface area contributed by atoms with Gasteiger partial charge in [0.1, 0.15) is 22.2 Å². The molecule has 4 rings (SSSR count). The summed E-state index contributed by atoms with van der Waals surface area (Å²) in [5, 5.41) is 9.65. The largest absolute Gasteiger partial charge is 0.480 e. The second-order valence-electron chi connectivity index (χ2n) is 8.52. The van der Waals surface area contributed by atoms with Crippen LogP contribution >= 0.6 is 0 Å². The van der Waals surface area contributed by atoms with Gasteiger partial charge in [-0.1, -0.05) is 13.8 Å². The van der Waals surface area contributed by atoms with Crippen LogP contribution in [0.3, 0.4) is 0 Å². The van der Waals surface area contributed by atoms with Gasteiger partial charge in [-0.25, -0.2) is 31.5 Å². The molecule has 0 aliphatic carbocycles. The Labute approximate surface area is 229 Å². The Bertz CT molecular complexity index is 1630. The predicted molar refractivity (Wildman–Crippen MR) is 145 cm³/mol. The van der Waals surface area contributed by atoms with Crippen molar-refractivity contribution in [2.24, 2.45) is 0 Å². The highest BCUT2D eigenvalue weighted by Gasteiger charge is 2.22. The molecule has 0 saturated carbocycles. The normalized spacial score (nSPS) is 11.6. The Morgan fingerprint density at radius 1 is 1.10 bits per heavy atom. The van der Waals surface area contributed by atoms with Gasteiger partial charge < -0.3 is 15.0 Å². The van der Waals surface area contributed by atoms with Gasteiger partial charge in [-0.3, -0.25) is 10.0 Å². The van der Waals surface area contributed by atoms with E-state index in [4.69, 9.17) is 4.74 Å². The molecule has 0 atom stereocenters. The van der Waals surface area contributed by atoms with Gasteiger partial charge in [0, 0.05) is 42.7 Å². The first-order valence-corrected chi connectivity index (χ1v) is 13.8. The topological polar surface area (TPSA) is 143 Å². The number of hydrogen-bond acceptors (Lipinski definition) is 8. The number of sulfonamides is 1. The van der Waals surface area contributed by atoms with Crippen LogP contribution in [0.4, 0.5) is 25.2 Å². The molecule has 2 amide bonds. The van der Waals surface area contributed by atoms with E-state index in [1.165, 1.54) is 23.9 Å². The molecule has 0 bridgehead atoms. The first kappa shape index (κ1) is 28.6. The van der Waals surface area contributed by atoms with Gasteiger partial charge in [0.25, 0.3) is 16.0 Å². The van der Waals surface area contributed by atoms with Crippen molar-refractivity contribution in [1.82, 2.24) is 29.8 Å². The van der Waals surface area contributed by atoms with E-state index in [1.54, 1.807) is 18.3 Å². The molecule has 12 nitrogen and oxygen atoms in total. The Balaban J connectivity index is 1.53. The maximum absolute atomic E-state index is 14.2. The van der Waals surface area contributed by atoms with Crippen molar-refractivity contribution in [3.05, 3.63) is 60.4 Å². The van der Waals surface area contributed by atoms with Gasteiger partial charge in [-0.05, 0) is 43.4 Å². The number of fused-ring (bicyclic) bond motifs is 1. The molecule has 3 heterocycles. The molecule has 40 heavy (non-hydrogen) atoms. The number of carbonyl (C=O) groups is 1. The Morgan fingerprint density at radius 2 is 1.88 bits per heavy atom. The number of aromatic nitrogens is 4. The third kappa shape index (κ3) is 6.60. The minimum absolute atomic E-state index is 0.0600. The molecule has 0 unspecified atom stereocenters. The lowest BCUT2D eigenvalue weighted by Gasteiger charge is -2.17. The summed E-state index contributed by atoms with van der Waals surface area (Å²) >= 11 is 0. The van der Waals surface area contributed by atoms with Crippen LogP contribution in [-0.2, 0) is 10.0 Å². The van der Waals surface area contributed by atoms with Crippen molar-refractivity contribution < 1.29 is 26.7 Å². The number of methoxy groups -OCH3 is 1. The minimum Gasteiger partial charge on any atom is -0.480 e. The number of nitrogens with one attached hydrogen (secondary N) is 3. The number of pyridine rings is 2. The maximum Gasteiger partial charge on any atom is 0.321 e. The van der Waals surface area contributed by atoms with Crippen LogP contribution in [0.15, 0.2) is 53.7 Å². The lowest BCUT2D eigenvalue weighted by Crippen LogP contribution is -2.37. The van der Waals surface area contributed by atoms with E-state index in [0.717, 1.165) is 31.8 Å². The van der Waals surface area contributed by atoms with Crippen molar-refractivity contribution in [3.63, 3.8) is 0 Å².